The summed E-state index contributed by atoms with van der Waals surface area (Å²) in [7, 11) is 0. The Labute approximate surface area is 123 Å². The van der Waals surface area contributed by atoms with Crippen LogP contribution in [0, 0.1) is 13.8 Å². The summed E-state index contributed by atoms with van der Waals surface area (Å²) in [4.78, 5) is 4.47. The SMILES string of the molecule is CCCn1cc(C)nc1Nc1cc(Cl)c(C)cc1Cl. The lowest BCUT2D eigenvalue weighted by Crippen LogP contribution is -2.03. The van der Waals surface area contributed by atoms with Gasteiger partial charge in [0.25, 0.3) is 0 Å². The fourth-order valence-corrected chi connectivity index (χ4v) is 2.35. The number of hydrogen-bond donors (Lipinski definition) is 1. The predicted molar refractivity (Wildman–Crippen MR) is 81.7 cm³/mol. The van der Waals surface area contributed by atoms with Gasteiger partial charge in [0, 0.05) is 17.8 Å². The lowest BCUT2D eigenvalue weighted by atomic mass is 10.2. The van der Waals surface area contributed by atoms with Gasteiger partial charge >= 0.3 is 0 Å². The van der Waals surface area contributed by atoms with Crippen LogP contribution in [0.25, 0.3) is 0 Å². The highest BCUT2D eigenvalue weighted by Gasteiger charge is 2.09. The second-order valence-electron chi connectivity index (χ2n) is 4.61. The van der Waals surface area contributed by atoms with E-state index in [0.717, 1.165) is 35.9 Å². The molecular weight excluding hydrogens is 281 g/mol. The summed E-state index contributed by atoms with van der Waals surface area (Å²) in [6, 6.07) is 3.69. The molecule has 0 aliphatic carbocycles. The van der Waals surface area contributed by atoms with Gasteiger partial charge < -0.3 is 9.88 Å². The highest BCUT2D eigenvalue weighted by Crippen LogP contribution is 2.30. The number of hydrogen-bond acceptors (Lipinski definition) is 2. The lowest BCUT2D eigenvalue weighted by Gasteiger charge is -2.11. The van der Waals surface area contributed by atoms with E-state index >= 15 is 0 Å². The number of benzene rings is 1. The van der Waals surface area contributed by atoms with Crippen LogP contribution in [0.4, 0.5) is 11.6 Å². The third-order valence-corrected chi connectivity index (χ3v) is 3.58. The first-order valence-corrected chi connectivity index (χ1v) is 7.03. The number of aryl methyl sites for hydroxylation is 3. The van der Waals surface area contributed by atoms with Gasteiger partial charge in [-0.2, -0.15) is 0 Å². The summed E-state index contributed by atoms with van der Waals surface area (Å²) >= 11 is 12.4. The van der Waals surface area contributed by atoms with Gasteiger partial charge in [-0.3, -0.25) is 0 Å². The van der Waals surface area contributed by atoms with Crippen molar-refractivity contribution in [3.05, 3.63) is 39.6 Å². The van der Waals surface area contributed by atoms with Crippen LogP contribution in [0.2, 0.25) is 10.0 Å². The highest BCUT2D eigenvalue weighted by atomic mass is 35.5. The molecule has 0 fully saturated rings. The number of aromatic nitrogens is 2. The Balaban J connectivity index is 2.33. The molecule has 1 aromatic heterocycles. The zero-order valence-electron chi connectivity index (χ0n) is 11.3. The Morgan fingerprint density at radius 2 is 1.95 bits per heavy atom. The van der Waals surface area contributed by atoms with Gasteiger partial charge in [-0.25, -0.2) is 4.98 Å². The van der Waals surface area contributed by atoms with Gasteiger partial charge in [0.15, 0.2) is 0 Å². The fraction of sp³-hybridized carbons (Fsp3) is 0.357. The molecule has 0 spiro atoms. The Hall–Kier alpha value is -1.19. The first-order chi connectivity index (χ1) is 9.01. The van der Waals surface area contributed by atoms with Crippen LogP contribution >= 0.6 is 23.2 Å². The quantitative estimate of drug-likeness (QED) is 0.864. The molecule has 0 bridgehead atoms. The maximum atomic E-state index is 6.23. The third kappa shape index (κ3) is 3.23. The van der Waals surface area contributed by atoms with Crippen LogP contribution in [0.15, 0.2) is 18.3 Å². The van der Waals surface area contributed by atoms with E-state index in [9.17, 15) is 0 Å². The van der Waals surface area contributed by atoms with Crippen molar-refractivity contribution in [2.75, 3.05) is 5.32 Å². The second-order valence-corrected chi connectivity index (χ2v) is 5.42. The molecule has 0 unspecified atom stereocenters. The van der Waals surface area contributed by atoms with Crippen molar-refractivity contribution in [1.29, 1.82) is 0 Å². The van der Waals surface area contributed by atoms with Crippen molar-refractivity contribution < 1.29 is 0 Å². The molecule has 1 heterocycles. The smallest absolute Gasteiger partial charge is 0.207 e. The molecule has 0 saturated carbocycles. The summed E-state index contributed by atoms with van der Waals surface area (Å²) in [6.45, 7) is 6.95. The number of halogens is 2. The van der Waals surface area contributed by atoms with E-state index in [4.69, 9.17) is 23.2 Å². The molecule has 5 heteroatoms. The molecule has 0 radical (unpaired) electrons. The van der Waals surface area contributed by atoms with Gasteiger partial charge in [0.05, 0.1) is 16.4 Å². The molecule has 2 rings (SSSR count). The molecule has 0 aliphatic heterocycles. The Bertz CT molecular complexity index is 591. The zero-order valence-corrected chi connectivity index (χ0v) is 12.8. The molecule has 19 heavy (non-hydrogen) atoms. The van der Waals surface area contributed by atoms with E-state index in [1.165, 1.54) is 0 Å². The van der Waals surface area contributed by atoms with Gasteiger partial charge in [-0.15, -0.1) is 0 Å². The maximum Gasteiger partial charge on any atom is 0.207 e. The molecule has 3 nitrogen and oxygen atoms in total. The minimum Gasteiger partial charge on any atom is -0.324 e. The monoisotopic (exact) mass is 297 g/mol. The lowest BCUT2D eigenvalue weighted by molar-refractivity contribution is 0.686. The van der Waals surface area contributed by atoms with Crippen LogP contribution in [-0.2, 0) is 6.54 Å². The standard InChI is InChI=1S/C14H17Cl2N3/c1-4-5-19-8-10(3)17-14(19)18-13-7-11(15)9(2)6-12(13)16/h6-8H,4-5H2,1-3H3,(H,17,18). The van der Waals surface area contributed by atoms with E-state index in [-0.39, 0.29) is 0 Å². The molecule has 102 valence electrons. The van der Waals surface area contributed by atoms with Crippen molar-refractivity contribution in [3.8, 4) is 0 Å². The van der Waals surface area contributed by atoms with E-state index in [1.807, 2.05) is 32.2 Å². The molecular formula is C14H17Cl2N3. The maximum absolute atomic E-state index is 6.23. The van der Waals surface area contributed by atoms with Crippen molar-refractivity contribution in [3.63, 3.8) is 0 Å². The van der Waals surface area contributed by atoms with Crippen molar-refractivity contribution in [1.82, 2.24) is 9.55 Å². The largest absolute Gasteiger partial charge is 0.324 e. The third-order valence-electron chi connectivity index (χ3n) is 2.86. The van der Waals surface area contributed by atoms with E-state index in [2.05, 4.69) is 21.8 Å². The molecule has 2 aromatic rings. The van der Waals surface area contributed by atoms with Crippen LogP contribution < -0.4 is 5.32 Å². The highest BCUT2D eigenvalue weighted by molar-refractivity contribution is 6.35. The number of imidazole rings is 1. The zero-order chi connectivity index (χ0) is 14.0. The molecule has 0 atom stereocenters. The Morgan fingerprint density at radius 3 is 2.63 bits per heavy atom. The average Bonchev–Trinajstić information content (AvgIpc) is 2.67. The van der Waals surface area contributed by atoms with E-state index in [1.54, 1.807) is 0 Å². The first kappa shape index (κ1) is 14.2. The number of rotatable bonds is 4. The van der Waals surface area contributed by atoms with Crippen LogP contribution in [0.5, 0.6) is 0 Å². The topological polar surface area (TPSA) is 29.9 Å². The number of nitrogens with zero attached hydrogens (tertiary/aromatic N) is 2. The minimum atomic E-state index is 0.644. The fourth-order valence-electron chi connectivity index (χ4n) is 1.92. The molecule has 0 amide bonds. The first-order valence-electron chi connectivity index (χ1n) is 6.27. The average molecular weight is 298 g/mol. The molecule has 0 aliphatic rings. The second kappa shape index (κ2) is 5.85. The number of anilines is 2. The normalized spacial score (nSPS) is 10.8. The Kier molecular flexibility index (Phi) is 4.38. The molecule has 1 N–H and O–H groups in total. The van der Waals surface area contributed by atoms with E-state index in [0.29, 0.717) is 10.0 Å². The van der Waals surface area contributed by atoms with Gasteiger partial charge in [-0.05, 0) is 38.0 Å². The minimum absolute atomic E-state index is 0.644. The van der Waals surface area contributed by atoms with Crippen molar-refractivity contribution >= 4 is 34.8 Å². The van der Waals surface area contributed by atoms with Gasteiger partial charge in [0.1, 0.15) is 0 Å². The summed E-state index contributed by atoms with van der Waals surface area (Å²) in [5, 5.41) is 4.59. The van der Waals surface area contributed by atoms with Crippen LogP contribution in [-0.4, -0.2) is 9.55 Å². The number of nitrogens with one attached hydrogen (secondary N) is 1. The summed E-state index contributed by atoms with van der Waals surface area (Å²) < 4.78 is 2.08. The summed E-state index contributed by atoms with van der Waals surface area (Å²) in [5.41, 5.74) is 2.72. The van der Waals surface area contributed by atoms with Crippen LogP contribution in [0.1, 0.15) is 24.6 Å². The molecule has 1 aromatic carbocycles. The van der Waals surface area contributed by atoms with Crippen molar-refractivity contribution in [2.45, 2.75) is 33.7 Å². The Morgan fingerprint density at radius 1 is 1.21 bits per heavy atom. The summed E-state index contributed by atoms with van der Waals surface area (Å²) in [5.74, 6) is 0.793. The van der Waals surface area contributed by atoms with Gasteiger partial charge in [0.2, 0.25) is 5.95 Å². The van der Waals surface area contributed by atoms with Crippen molar-refractivity contribution in [2.24, 2.45) is 0 Å². The van der Waals surface area contributed by atoms with E-state index < -0.39 is 0 Å². The molecule has 0 saturated heterocycles. The predicted octanol–water partition coefficient (Wildman–Crippen LogP) is 4.96. The summed E-state index contributed by atoms with van der Waals surface area (Å²) in [6.07, 6.45) is 3.07. The van der Waals surface area contributed by atoms with Crippen LogP contribution in [0.3, 0.4) is 0 Å². The van der Waals surface area contributed by atoms with Gasteiger partial charge in [-0.1, -0.05) is 30.1 Å².